The summed E-state index contributed by atoms with van der Waals surface area (Å²) in [5, 5.41) is 3.51. The number of fused-ring (bicyclic) bond motifs is 1. The number of benzene rings is 1. The van der Waals surface area contributed by atoms with Crippen molar-refractivity contribution in [1.82, 2.24) is 9.97 Å². The Morgan fingerprint density at radius 2 is 1.83 bits per heavy atom. The summed E-state index contributed by atoms with van der Waals surface area (Å²) in [7, 11) is 0. The standard InChI is InChI=1S/C23H29N3O4/c1-15-3-6-17(7-4-15)25-23-24-12-19(22(26-23)30-18-13-27-14-18)16-5-8-20-21(11-16)29-10-2-9-28-20/h5,8,11-12,15,17-18H,2-4,6-7,9-10,13-14H2,1H3,(H,24,25,26)/t15-,17-. The monoisotopic (exact) mass is 411 g/mol. The molecule has 0 amide bonds. The molecule has 2 fully saturated rings. The second-order valence-corrected chi connectivity index (χ2v) is 8.50. The summed E-state index contributed by atoms with van der Waals surface area (Å²) in [6.45, 7) is 4.83. The maximum atomic E-state index is 6.16. The summed E-state index contributed by atoms with van der Waals surface area (Å²) in [6, 6.07) is 6.36. The Labute approximate surface area is 177 Å². The lowest BCUT2D eigenvalue weighted by Gasteiger charge is -2.28. The quantitative estimate of drug-likeness (QED) is 0.795. The summed E-state index contributed by atoms with van der Waals surface area (Å²) in [5.74, 6) is 3.55. The predicted molar refractivity (Wildman–Crippen MR) is 113 cm³/mol. The molecule has 160 valence electrons. The van der Waals surface area contributed by atoms with E-state index in [0.29, 0.717) is 44.3 Å². The molecule has 0 radical (unpaired) electrons. The van der Waals surface area contributed by atoms with E-state index in [0.717, 1.165) is 47.8 Å². The van der Waals surface area contributed by atoms with E-state index >= 15 is 0 Å². The van der Waals surface area contributed by atoms with Crippen molar-refractivity contribution in [3.05, 3.63) is 24.4 Å². The molecule has 1 aromatic carbocycles. The first kappa shape index (κ1) is 19.4. The molecule has 1 aromatic heterocycles. The summed E-state index contributed by atoms with van der Waals surface area (Å²) >= 11 is 0. The number of hydrogen-bond acceptors (Lipinski definition) is 7. The minimum atomic E-state index is 0.0300. The molecular formula is C23H29N3O4. The number of anilines is 1. The molecule has 1 saturated carbocycles. The molecule has 2 aliphatic heterocycles. The molecule has 5 rings (SSSR count). The van der Waals surface area contributed by atoms with Gasteiger partial charge in [0.05, 0.1) is 32.0 Å². The lowest BCUT2D eigenvalue weighted by atomic mass is 9.87. The fourth-order valence-electron chi connectivity index (χ4n) is 4.08. The van der Waals surface area contributed by atoms with Crippen LogP contribution in [0.3, 0.4) is 0 Å². The molecule has 2 aromatic rings. The Hall–Kier alpha value is -2.54. The number of hydrogen-bond donors (Lipinski definition) is 1. The van der Waals surface area contributed by atoms with Crippen molar-refractivity contribution in [3.63, 3.8) is 0 Å². The summed E-state index contributed by atoms with van der Waals surface area (Å²) in [5.41, 5.74) is 1.80. The zero-order valence-electron chi connectivity index (χ0n) is 17.4. The molecule has 30 heavy (non-hydrogen) atoms. The molecule has 1 N–H and O–H groups in total. The topological polar surface area (TPSA) is 74.7 Å². The van der Waals surface area contributed by atoms with Crippen molar-refractivity contribution in [3.8, 4) is 28.5 Å². The zero-order valence-corrected chi connectivity index (χ0v) is 17.4. The van der Waals surface area contributed by atoms with Crippen LogP contribution in [0.5, 0.6) is 17.4 Å². The molecule has 0 unspecified atom stereocenters. The largest absolute Gasteiger partial charge is 0.490 e. The van der Waals surface area contributed by atoms with Gasteiger partial charge in [-0.3, -0.25) is 0 Å². The average molecular weight is 412 g/mol. The lowest BCUT2D eigenvalue weighted by molar-refractivity contribution is -0.0810. The first-order valence-electron chi connectivity index (χ1n) is 11.0. The van der Waals surface area contributed by atoms with Crippen molar-refractivity contribution in [2.75, 3.05) is 31.7 Å². The minimum absolute atomic E-state index is 0.0300. The Balaban J connectivity index is 1.41. The highest BCUT2D eigenvalue weighted by atomic mass is 16.6. The second kappa shape index (κ2) is 8.68. The van der Waals surface area contributed by atoms with Crippen molar-refractivity contribution < 1.29 is 18.9 Å². The normalized spacial score (nSPS) is 23.9. The Morgan fingerprint density at radius 3 is 2.60 bits per heavy atom. The molecule has 7 nitrogen and oxygen atoms in total. The molecule has 7 heteroatoms. The van der Waals surface area contributed by atoms with Crippen LogP contribution in [-0.2, 0) is 4.74 Å². The minimum Gasteiger partial charge on any atom is -0.490 e. The van der Waals surface area contributed by atoms with Gasteiger partial charge in [-0.2, -0.15) is 4.98 Å². The van der Waals surface area contributed by atoms with Gasteiger partial charge in [0.25, 0.3) is 0 Å². The first-order chi connectivity index (χ1) is 14.7. The van der Waals surface area contributed by atoms with E-state index in [2.05, 4.69) is 17.2 Å². The SMILES string of the molecule is C[C@H]1CC[C@H](Nc2ncc(-c3ccc4c(c3)OCCCO4)c(OC3COC3)n2)CC1. The fraction of sp³-hybridized carbons (Fsp3) is 0.565. The van der Waals surface area contributed by atoms with Gasteiger partial charge in [-0.1, -0.05) is 13.0 Å². The van der Waals surface area contributed by atoms with E-state index in [9.17, 15) is 0 Å². The van der Waals surface area contributed by atoms with Gasteiger partial charge in [0.15, 0.2) is 11.5 Å². The smallest absolute Gasteiger partial charge is 0.226 e. The fourth-order valence-corrected chi connectivity index (χ4v) is 4.08. The molecule has 1 aliphatic carbocycles. The number of aromatic nitrogens is 2. The average Bonchev–Trinajstić information content (AvgIpc) is 2.97. The van der Waals surface area contributed by atoms with Gasteiger partial charge < -0.3 is 24.3 Å². The van der Waals surface area contributed by atoms with Gasteiger partial charge in [0, 0.05) is 18.7 Å². The van der Waals surface area contributed by atoms with Crippen LogP contribution in [0, 0.1) is 5.92 Å². The summed E-state index contributed by atoms with van der Waals surface area (Å²) in [6.07, 6.45) is 7.55. The van der Waals surface area contributed by atoms with Crippen molar-refractivity contribution >= 4 is 5.95 Å². The van der Waals surface area contributed by atoms with Crippen molar-refractivity contribution in [2.24, 2.45) is 5.92 Å². The highest BCUT2D eigenvalue weighted by Crippen LogP contribution is 2.37. The second-order valence-electron chi connectivity index (χ2n) is 8.50. The highest BCUT2D eigenvalue weighted by Gasteiger charge is 2.25. The third kappa shape index (κ3) is 4.31. The molecule has 1 saturated heterocycles. The third-order valence-electron chi connectivity index (χ3n) is 6.05. The van der Waals surface area contributed by atoms with Gasteiger partial charge >= 0.3 is 0 Å². The van der Waals surface area contributed by atoms with Crippen LogP contribution in [0.2, 0.25) is 0 Å². The van der Waals surface area contributed by atoms with Crippen LogP contribution >= 0.6 is 0 Å². The van der Waals surface area contributed by atoms with Gasteiger partial charge in [0.1, 0.15) is 6.10 Å². The molecular weight excluding hydrogens is 382 g/mol. The molecule has 0 spiro atoms. The number of ether oxygens (including phenoxy) is 4. The van der Waals surface area contributed by atoms with Crippen LogP contribution in [0.4, 0.5) is 5.95 Å². The van der Waals surface area contributed by atoms with Crippen LogP contribution in [0.1, 0.15) is 39.0 Å². The van der Waals surface area contributed by atoms with E-state index in [1.807, 2.05) is 24.4 Å². The Kier molecular flexibility index (Phi) is 5.62. The van der Waals surface area contributed by atoms with Crippen molar-refractivity contribution in [2.45, 2.75) is 51.2 Å². The van der Waals surface area contributed by atoms with Gasteiger partial charge in [-0.25, -0.2) is 4.98 Å². The Bertz CT molecular complexity index is 879. The number of nitrogens with one attached hydrogen (secondary N) is 1. The lowest BCUT2D eigenvalue weighted by Crippen LogP contribution is -2.39. The Morgan fingerprint density at radius 1 is 1.03 bits per heavy atom. The maximum Gasteiger partial charge on any atom is 0.226 e. The van der Waals surface area contributed by atoms with Crippen LogP contribution in [-0.4, -0.2) is 48.5 Å². The molecule has 3 aliphatic rings. The van der Waals surface area contributed by atoms with Crippen LogP contribution < -0.4 is 19.5 Å². The van der Waals surface area contributed by atoms with Crippen molar-refractivity contribution in [1.29, 1.82) is 0 Å². The molecule has 0 atom stereocenters. The number of nitrogens with zero attached hydrogens (tertiary/aromatic N) is 2. The summed E-state index contributed by atoms with van der Waals surface area (Å²) < 4.78 is 23.1. The highest BCUT2D eigenvalue weighted by molar-refractivity contribution is 5.71. The van der Waals surface area contributed by atoms with E-state index in [-0.39, 0.29) is 6.10 Å². The first-order valence-corrected chi connectivity index (χ1v) is 11.0. The van der Waals surface area contributed by atoms with E-state index in [4.69, 9.17) is 23.9 Å². The van der Waals surface area contributed by atoms with Gasteiger partial charge in [-0.05, 0) is 49.3 Å². The van der Waals surface area contributed by atoms with E-state index < -0.39 is 0 Å². The van der Waals surface area contributed by atoms with Crippen LogP contribution in [0.15, 0.2) is 24.4 Å². The van der Waals surface area contributed by atoms with Crippen LogP contribution in [0.25, 0.3) is 11.1 Å². The van der Waals surface area contributed by atoms with Gasteiger partial charge in [-0.15, -0.1) is 0 Å². The zero-order chi connectivity index (χ0) is 20.3. The van der Waals surface area contributed by atoms with E-state index in [1.54, 1.807) is 0 Å². The maximum absolute atomic E-state index is 6.16. The number of rotatable bonds is 5. The third-order valence-corrected chi connectivity index (χ3v) is 6.05. The van der Waals surface area contributed by atoms with Gasteiger partial charge in [0.2, 0.25) is 11.8 Å². The predicted octanol–water partition coefficient (Wildman–Crippen LogP) is 4.07. The summed E-state index contributed by atoms with van der Waals surface area (Å²) in [4.78, 5) is 9.35. The molecule has 3 heterocycles. The molecule has 0 bridgehead atoms. The van der Waals surface area contributed by atoms with E-state index in [1.165, 1.54) is 12.8 Å².